The number of hydrogen-bond donors (Lipinski definition) is 0. The summed E-state index contributed by atoms with van der Waals surface area (Å²) in [4.78, 5) is 2.80. The fraction of sp³-hybridized carbons (Fsp3) is 0.129. The summed E-state index contributed by atoms with van der Waals surface area (Å²) in [5.41, 5.74) is 2.84. The Morgan fingerprint density at radius 1 is 0.935 bits per heavy atom. The molecule has 0 aliphatic carbocycles. The minimum absolute atomic E-state index is 0.108. The molecule has 0 spiro atoms. The molecule has 0 aliphatic rings. The number of sulfonamides is 1. The number of fused-ring (bicyclic) bond motifs is 1. The fourth-order valence-electron chi connectivity index (χ4n) is 4.79. The van der Waals surface area contributed by atoms with E-state index in [0.29, 0.717) is 44.5 Å². The molecule has 0 saturated carbocycles. The van der Waals surface area contributed by atoms with E-state index in [1.54, 1.807) is 55.5 Å². The number of aryl methyl sites for hydroxylation is 1. The minimum atomic E-state index is -4.87. The van der Waals surface area contributed by atoms with Gasteiger partial charge in [0.15, 0.2) is 10.5 Å². The number of methoxy groups -OCH3 is 2. The molecule has 0 saturated heterocycles. The normalized spacial score (nSPS) is 11.5. The number of ether oxygens (including phenoxy) is 3. The van der Waals surface area contributed by atoms with Gasteiger partial charge in [-0.15, -0.1) is 0 Å². The van der Waals surface area contributed by atoms with Crippen LogP contribution in [-0.2, 0) is 16.6 Å². The SMILES string of the molecule is COc1ccc(CN(c2ncns2)S(=O)(=O)c2c(F)cc(Oc3ccc(Cl)cc3-c3ccc4onc(C)c4c3)cc2F)c(OC)c1. The Kier molecular flexibility index (Phi) is 8.51. The van der Waals surface area contributed by atoms with Crippen LogP contribution in [0.1, 0.15) is 11.3 Å². The van der Waals surface area contributed by atoms with E-state index >= 15 is 8.78 Å². The smallest absolute Gasteiger partial charge is 0.272 e. The largest absolute Gasteiger partial charge is 0.497 e. The van der Waals surface area contributed by atoms with Crippen LogP contribution in [0.15, 0.2) is 82.5 Å². The third-order valence-corrected chi connectivity index (χ3v) is 9.85. The number of hydrogen-bond acceptors (Lipinski definition) is 10. The average molecular weight is 685 g/mol. The maximum atomic E-state index is 15.7. The van der Waals surface area contributed by atoms with Gasteiger partial charge in [0, 0.05) is 51.3 Å². The number of nitrogens with zero attached hydrogens (tertiary/aromatic N) is 4. The lowest BCUT2D eigenvalue weighted by Gasteiger charge is -2.23. The molecule has 2 aromatic heterocycles. The molecule has 6 aromatic rings. The Hall–Kier alpha value is -4.79. The molecule has 0 unspecified atom stereocenters. The van der Waals surface area contributed by atoms with Crippen molar-refractivity contribution >= 4 is 49.3 Å². The number of halogens is 3. The van der Waals surface area contributed by atoms with Crippen LogP contribution >= 0.6 is 23.1 Å². The summed E-state index contributed by atoms with van der Waals surface area (Å²) in [6, 6.07) is 16.4. The average Bonchev–Trinajstić information content (AvgIpc) is 3.70. The van der Waals surface area contributed by atoms with Gasteiger partial charge in [0.25, 0.3) is 10.0 Å². The van der Waals surface area contributed by atoms with Gasteiger partial charge >= 0.3 is 0 Å². The first-order chi connectivity index (χ1) is 22.1. The second-order valence-corrected chi connectivity index (χ2v) is 12.8. The predicted octanol–water partition coefficient (Wildman–Crippen LogP) is 7.79. The van der Waals surface area contributed by atoms with E-state index in [0.717, 1.165) is 39.7 Å². The number of aromatic nitrogens is 3. The summed E-state index contributed by atoms with van der Waals surface area (Å²) in [6.45, 7) is 1.43. The Bertz CT molecular complexity index is 2150. The number of rotatable bonds is 10. The molecule has 15 heteroatoms. The zero-order chi connectivity index (χ0) is 32.6. The third kappa shape index (κ3) is 5.94. The van der Waals surface area contributed by atoms with Gasteiger partial charge in [0.05, 0.1) is 26.5 Å². The van der Waals surface area contributed by atoms with Gasteiger partial charge in [-0.3, -0.25) is 0 Å². The van der Waals surface area contributed by atoms with E-state index < -0.39 is 26.6 Å². The van der Waals surface area contributed by atoms with Crippen molar-refractivity contribution in [2.75, 3.05) is 18.5 Å². The van der Waals surface area contributed by atoms with E-state index in [2.05, 4.69) is 14.5 Å². The summed E-state index contributed by atoms with van der Waals surface area (Å²) in [5, 5.41) is 5.02. The number of benzene rings is 4. The summed E-state index contributed by atoms with van der Waals surface area (Å²) in [7, 11) is -2.00. The molecule has 0 aliphatic heterocycles. The van der Waals surface area contributed by atoms with Gasteiger partial charge in [-0.1, -0.05) is 22.8 Å². The lowest BCUT2D eigenvalue weighted by atomic mass is 10.0. The standard InChI is InChI=1S/C31H23ClF2N4O6S2/c1-17-23-10-18(5-8-28(23)44-37-17)24-11-20(32)6-9-27(24)43-22-12-25(33)30(26(34)13-22)46(39,40)38(31-35-16-36-45-31)15-19-4-7-21(41-2)14-29(19)42-3/h4-14,16H,15H2,1-3H3. The molecule has 0 radical (unpaired) electrons. The maximum Gasteiger partial charge on any atom is 0.272 e. The molecule has 0 atom stereocenters. The first-order valence-corrected chi connectivity index (χ1v) is 16.0. The highest BCUT2D eigenvalue weighted by atomic mass is 35.5. The topological polar surface area (TPSA) is 117 Å². The summed E-state index contributed by atoms with van der Waals surface area (Å²) in [6.07, 6.45) is 1.14. The Labute approximate surface area is 270 Å². The van der Waals surface area contributed by atoms with Gasteiger partial charge < -0.3 is 18.7 Å². The van der Waals surface area contributed by atoms with Crippen molar-refractivity contribution in [3.05, 3.63) is 101 Å². The van der Waals surface area contributed by atoms with Crippen LogP contribution in [0, 0.1) is 18.6 Å². The van der Waals surface area contributed by atoms with E-state index in [9.17, 15) is 8.42 Å². The maximum absolute atomic E-state index is 15.7. The van der Waals surface area contributed by atoms with Crippen LogP contribution < -0.4 is 18.5 Å². The van der Waals surface area contributed by atoms with Crippen molar-refractivity contribution in [3.8, 4) is 34.1 Å². The van der Waals surface area contributed by atoms with Gasteiger partial charge in [0.1, 0.15) is 41.0 Å². The molecule has 0 amide bonds. The molecule has 0 bridgehead atoms. The van der Waals surface area contributed by atoms with Crippen molar-refractivity contribution in [2.24, 2.45) is 0 Å². The van der Waals surface area contributed by atoms with Crippen LogP contribution in [0.3, 0.4) is 0 Å². The Morgan fingerprint density at radius 3 is 2.41 bits per heavy atom. The first-order valence-electron chi connectivity index (χ1n) is 13.4. The molecular formula is C31H23ClF2N4O6S2. The molecule has 4 aromatic carbocycles. The zero-order valence-electron chi connectivity index (χ0n) is 24.3. The van der Waals surface area contributed by atoms with Gasteiger partial charge in [-0.05, 0) is 55.0 Å². The Morgan fingerprint density at radius 2 is 1.72 bits per heavy atom. The second-order valence-electron chi connectivity index (χ2n) is 9.85. The molecule has 6 rings (SSSR count). The molecular weight excluding hydrogens is 662 g/mol. The Balaban J connectivity index is 1.37. The predicted molar refractivity (Wildman–Crippen MR) is 168 cm³/mol. The number of anilines is 1. The van der Waals surface area contributed by atoms with Crippen molar-refractivity contribution in [2.45, 2.75) is 18.4 Å². The van der Waals surface area contributed by atoms with Crippen LogP contribution in [-0.4, -0.2) is 37.2 Å². The molecule has 46 heavy (non-hydrogen) atoms. The molecule has 0 N–H and O–H groups in total. The van der Waals surface area contributed by atoms with Crippen LogP contribution in [0.5, 0.6) is 23.0 Å². The van der Waals surface area contributed by atoms with Crippen molar-refractivity contribution < 1.29 is 35.9 Å². The van der Waals surface area contributed by atoms with Crippen LogP contribution in [0.4, 0.5) is 13.9 Å². The van der Waals surface area contributed by atoms with E-state index in [-0.39, 0.29) is 23.2 Å². The molecule has 2 heterocycles. The van der Waals surface area contributed by atoms with Crippen molar-refractivity contribution in [1.29, 1.82) is 0 Å². The molecule has 0 fully saturated rings. The van der Waals surface area contributed by atoms with Gasteiger partial charge in [0.2, 0.25) is 5.13 Å². The van der Waals surface area contributed by atoms with Gasteiger partial charge in [-0.25, -0.2) is 26.5 Å². The highest BCUT2D eigenvalue weighted by molar-refractivity contribution is 7.93. The third-order valence-electron chi connectivity index (χ3n) is 7.02. The fourth-order valence-corrected chi connectivity index (χ4v) is 7.19. The summed E-state index contributed by atoms with van der Waals surface area (Å²) < 4.78 is 85.7. The minimum Gasteiger partial charge on any atom is -0.497 e. The lowest BCUT2D eigenvalue weighted by Crippen LogP contribution is -2.32. The quantitative estimate of drug-likeness (QED) is 0.143. The van der Waals surface area contributed by atoms with Crippen LogP contribution in [0.2, 0.25) is 5.02 Å². The van der Waals surface area contributed by atoms with Gasteiger partial charge in [-0.2, -0.15) is 4.37 Å². The van der Waals surface area contributed by atoms with E-state index in [4.69, 9.17) is 30.3 Å². The zero-order valence-corrected chi connectivity index (χ0v) is 26.7. The van der Waals surface area contributed by atoms with E-state index in [1.165, 1.54) is 14.2 Å². The summed E-state index contributed by atoms with van der Waals surface area (Å²) >= 11 is 7.03. The highest BCUT2D eigenvalue weighted by Gasteiger charge is 2.34. The van der Waals surface area contributed by atoms with Crippen LogP contribution in [0.25, 0.3) is 22.1 Å². The monoisotopic (exact) mass is 684 g/mol. The molecule has 10 nitrogen and oxygen atoms in total. The highest BCUT2D eigenvalue weighted by Crippen LogP contribution is 2.39. The van der Waals surface area contributed by atoms with E-state index in [1.807, 2.05) is 6.07 Å². The lowest BCUT2D eigenvalue weighted by molar-refractivity contribution is 0.391. The second kappa shape index (κ2) is 12.5. The first kappa shape index (κ1) is 31.2. The van der Waals surface area contributed by atoms with Crippen molar-refractivity contribution in [1.82, 2.24) is 14.5 Å². The summed E-state index contributed by atoms with van der Waals surface area (Å²) in [5.74, 6) is -2.04. The molecule has 236 valence electrons. The van der Waals surface area contributed by atoms with Crippen molar-refractivity contribution in [3.63, 3.8) is 0 Å².